The minimum atomic E-state index is -0.506. The van der Waals surface area contributed by atoms with E-state index in [0.717, 1.165) is 30.6 Å². The number of fused-ring (bicyclic) bond motifs is 2. The summed E-state index contributed by atoms with van der Waals surface area (Å²) in [6, 6.07) is 6.77. The van der Waals surface area contributed by atoms with Crippen molar-refractivity contribution in [1.29, 1.82) is 0 Å². The van der Waals surface area contributed by atoms with Crippen LogP contribution in [0.5, 0.6) is 0 Å². The fourth-order valence-electron chi connectivity index (χ4n) is 5.30. The van der Waals surface area contributed by atoms with Crippen LogP contribution in [0.3, 0.4) is 0 Å². The van der Waals surface area contributed by atoms with Crippen molar-refractivity contribution in [3.63, 3.8) is 0 Å². The first kappa shape index (κ1) is 22.2. The van der Waals surface area contributed by atoms with Crippen LogP contribution in [-0.2, 0) is 16.0 Å². The zero-order chi connectivity index (χ0) is 22.8. The Morgan fingerprint density at radius 2 is 2.06 bits per heavy atom. The van der Waals surface area contributed by atoms with E-state index in [4.69, 9.17) is 4.74 Å². The zero-order valence-electron chi connectivity index (χ0n) is 19.3. The minimum absolute atomic E-state index is 0.0136. The molecule has 0 unspecified atom stereocenters. The monoisotopic (exact) mass is 436 g/mol. The average Bonchev–Trinajstić information content (AvgIpc) is 3.13. The number of likely N-dealkylation sites (N-methyl/N-ethyl adjacent to an activating group) is 1. The summed E-state index contributed by atoms with van der Waals surface area (Å²) in [6.45, 7) is 8.32. The molecular formula is C25H32N4O3. The second kappa shape index (κ2) is 9.25. The molecule has 1 aromatic carbocycles. The maximum Gasteiger partial charge on any atom is 0.384 e. The van der Waals surface area contributed by atoms with Crippen molar-refractivity contribution in [2.75, 3.05) is 33.3 Å². The van der Waals surface area contributed by atoms with Crippen LogP contribution in [0.15, 0.2) is 18.2 Å². The van der Waals surface area contributed by atoms with Gasteiger partial charge in [0.05, 0.1) is 12.3 Å². The lowest BCUT2D eigenvalue weighted by Crippen LogP contribution is -2.56. The van der Waals surface area contributed by atoms with Crippen molar-refractivity contribution in [2.45, 2.75) is 51.6 Å². The molecule has 2 aromatic rings. The molecule has 2 heterocycles. The number of aromatic amines is 1. The third-order valence-electron chi connectivity index (χ3n) is 6.79. The van der Waals surface area contributed by atoms with Gasteiger partial charge in [-0.25, -0.2) is 9.59 Å². The number of carbonyl (C=O) groups is 2. The van der Waals surface area contributed by atoms with Crippen molar-refractivity contribution in [1.82, 2.24) is 20.1 Å². The molecule has 1 fully saturated rings. The summed E-state index contributed by atoms with van der Waals surface area (Å²) in [5.41, 5.74) is 4.30. The predicted molar refractivity (Wildman–Crippen MR) is 125 cm³/mol. The zero-order valence-corrected chi connectivity index (χ0v) is 19.3. The van der Waals surface area contributed by atoms with Crippen LogP contribution in [-0.4, -0.2) is 72.2 Å². The second-order valence-electron chi connectivity index (χ2n) is 8.59. The molecule has 0 radical (unpaired) electrons. The number of ether oxygens (including phenoxy) is 1. The fraction of sp³-hybridized carbons (Fsp3) is 0.520. The van der Waals surface area contributed by atoms with Gasteiger partial charge in [0.1, 0.15) is 0 Å². The lowest BCUT2D eigenvalue weighted by atomic mass is 9.73. The molecule has 32 heavy (non-hydrogen) atoms. The third kappa shape index (κ3) is 4.07. The Morgan fingerprint density at radius 3 is 2.78 bits per heavy atom. The van der Waals surface area contributed by atoms with Crippen LogP contribution in [0, 0.1) is 11.8 Å². The second-order valence-corrected chi connectivity index (χ2v) is 8.59. The number of benzene rings is 1. The summed E-state index contributed by atoms with van der Waals surface area (Å²) in [5, 5.41) is 4.47. The Kier molecular flexibility index (Phi) is 6.43. The van der Waals surface area contributed by atoms with Gasteiger partial charge in [-0.15, -0.1) is 0 Å². The van der Waals surface area contributed by atoms with Crippen LogP contribution >= 0.6 is 0 Å². The minimum Gasteiger partial charge on any atom is -0.456 e. The molecule has 1 aliphatic heterocycles. The Hall–Kier alpha value is -2.98. The van der Waals surface area contributed by atoms with Gasteiger partial charge in [-0.1, -0.05) is 12.1 Å². The molecule has 2 aliphatic rings. The smallest absolute Gasteiger partial charge is 0.384 e. The molecule has 4 rings (SSSR count). The van der Waals surface area contributed by atoms with E-state index in [1.165, 1.54) is 16.5 Å². The number of likely N-dealkylation sites (tertiary alicyclic amines) is 1. The summed E-state index contributed by atoms with van der Waals surface area (Å²) in [4.78, 5) is 32.0. The van der Waals surface area contributed by atoms with Crippen molar-refractivity contribution in [2.24, 2.45) is 0 Å². The van der Waals surface area contributed by atoms with Crippen molar-refractivity contribution >= 4 is 22.9 Å². The van der Waals surface area contributed by atoms with E-state index in [9.17, 15) is 9.59 Å². The first-order chi connectivity index (χ1) is 15.5. The van der Waals surface area contributed by atoms with Gasteiger partial charge < -0.3 is 24.8 Å². The standard InChI is InChI=1S/C25H32N4O3/c1-5-29(6-2)25(31)26-16-13-18-17-9-8-10-21-24(17)19(14-22(18)28(4)15-16)20(27-21)11-12-23(30)32-7-3/h8-10,16,18,22,27H,5-7,13-15H2,1-4H3,(H,26,31)/t16-,18+,22+/m0/s1. The van der Waals surface area contributed by atoms with Crippen LogP contribution < -0.4 is 5.32 Å². The van der Waals surface area contributed by atoms with Crippen molar-refractivity contribution in [3.8, 4) is 11.8 Å². The topological polar surface area (TPSA) is 77.7 Å². The number of carbonyl (C=O) groups excluding carboxylic acids is 2. The first-order valence-corrected chi connectivity index (χ1v) is 11.5. The quantitative estimate of drug-likeness (QED) is 0.571. The largest absolute Gasteiger partial charge is 0.456 e. The number of amides is 2. The number of aromatic nitrogens is 1. The van der Waals surface area contributed by atoms with E-state index >= 15 is 0 Å². The van der Waals surface area contributed by atoms with Crippen LogP contribution in [0.4, 0.5) is 4.79 Å². The van der Waals surface area contributed by atoms with Gasteiger partial charge in [0.2, 0.25) is 0 Å². The lowest BCUT2D eigenvalue weighted by Gasteiger charge is -2.46. The van der Waals surface area contributed by atoms with Crippen LogP contribution in [0.1, 0.15) is 49.9 Å². The summed E-state index contributed by atoms with van der Waals surface area (Å²) < 4.78 is 4.96. The SMILES string of the molecule is CCOC(=O)C#Cc1[nH]c2cccc3c2c1C[C@@H]1[C@@H]3C[C@H](NC(=O)N(CC)CC)CN1C. The number of nitrogens with one attached hydrogen (secondary N) is 2. The highest BCUT2D eigenvalue weighted by Crippen LogP contribution is 2.44. The highest BCUT2D eigenvalue weighted by atomic mass is 16.5. The van der Waals surface area contributed by atoms with Gasteiger partial charge in [0, 0.05) is 54.5 Å². The fourth-order valence-corrected chi connectivity index (χ4v) is 5.30. The Morgan fingerprint density at radius 1 is 1.28 bits per heavy atom. The van der Waals surface area contributed by atoms with Gasteiger partial charge in [-0.05, 0) is 63.8 Å². The summed E-state index contributed by atoms with van der Waals surface area (Å²) in [7, 11) is 2.13. The first-order valence-electron chi connectivity index (χ1n) is 11.5. The normalized spacial score (nSPS) is 21.9. The van der Waals surface area contributed by atoms with Crippen LogP contribution in [0.25, 0.3) is 10.9 Å². The Bertz CT molecular complexity index is 1080. The summed E-state index contributed by atoms with van der Waals surface area (Å²) >= 11 is 0. The number of hydrogen-bond acceptors (Lipinski definition) is 4. The molecule has 1 aliphatic carbocycles. The number of H-pyrrole nitrogens is 1. The average molecular weight is 437 g/mol. The molecule has 1 aromatic heterocycles. The molecule has 2 N–H and O–H groups in total. The molecular weight excluding hydrogens is 404 g/mol. The molecule has 7 heteroatoms. The third-order valence-corrected chi connectivity index (χ3v) is 6.79. The highest BCUT2D eigenvalue weighted by molar-refractivity contribution is 5.93. The van der Waals surface area contributed by atoms with Gasteiger partial charge in [-0.3, -0.25) is 0 Å². The maximum atomic E-state index is 12.6. The van der Waals surface area contributed by atoms with Gasteiger partial charge in [-0.2, -0.15) is 0 Å². The molecule has 0 saturated carbocycles. The van der Waals surface area contributed by atoms with E-state index in [2.05, 4.69) is 52.3 Å². The molecule has 1 saturated heterocycles. The van der Waals surface area contributed by atoms with E-state index in [-0.39, 0.29) is 12.1 Å². The number of rotatable bonds is 4. The van der Waals surface area contributed by atoms with E-state index in [1.54, 1.807) is 6.92 Å². The molecule has 7 nitrogen and oxygen atoms in total. The number of hydrogen-bond donors (Lipinski definition) is 2. The summed E-state index contributed by atoms with van der Waals surface area (Å²) in [6.07, 6.45) is 1.78. The lowest BCUT2D eigenvalue weighted by molar-refractivity contribution is -0.136. The molecule has 0 spiro atoms. The van der Waals surface area contributed by atoms with Gasteiger partial charge in [0.25, 0.3) is 0 Å². The Balaban J connectivity index is 1.64. The van der Waals surface area contributed by atoms with Crippen molar-refractivity contribution in [3.05, 3.63) is 35.0 Å². The van der Waals surface area contributed by atoms with E-state index < -0.39 is 5.97 Å². The number of esters is 1. The van der Waals surface area contributed by atoms with Crippen LogP contribution in [0.2, 0.25) is 0 Å². The maximum absolute atomic E-state index is 12.6. The van der Waals surface area contributed by atoms with Crippen molar-refractivity contribution < 1.29 is 14.3 Å². The summed E-state index contributed by atoms with van der Waals surface area (Å²) in [5.74, 6) is 5.43. The molecule has 170 valence electrons. The molecule has 2 amide bonds. The van der Waals surface area contributed by atoms with Gasteiger partial charge >= 0.3 is 12.0 Å². The predicted octanol–water partition coefficient (Wildman–Crippen LogP) is 2.85. The van der Waals surface area contributed by atoms with E-state index in [1.807, 2.05) is 18.7 Å². The highest BCUT2D eigenvalue weighted by Gasteiger charge is 2.40. The Labute approximate surface area is 189 Å². The van der Waals surface area contributed by atoms with E-state index in [0.29, 0.717) is 31.7 Å². The molecule has 0 bridgehead atoms. The molecule has 3 atom stereocenters. The number of piperidine rings is 1. The number of nitrogens with zero attached hydrogens (tertiary/aromatic N) is 2. The van der Waals surface area contributed by atoms with Gasteiger partial charge in [0.15, 0.2) is 0 Å². The number of urea groups is 1.